The number of esters is 1. The number of benzene rings is 1. The molecule has 3 rings (SSSR count). The SMILES string of the molecule is CCOC(=O)[C@H]1CCCN(C(=O)c2c(C(C)C)nn(-c3cccc(C)c3)c2C(C)C)C1. The van der Waals surface area contributed by atoms with Crippen molar-refractivity contribution in [1.29, 1.82) is 0 Å². The molecule has 6 nitrogen and oxygen atoms in total. The summed E-state index contributed by atoms with van der Waals surface area (Å²) in [6.45, 7) is 13.6. The minimum atomic E-state index is -0.255. The number of nitrogens with zero attached hydrogens (tertiary/aromatic N) is 3. The molecule has 1 atom stereocenters. The van der Waals surface area contributed by atoms with Gasteiger partial charge in [0.15, 0.2) is 0 Å². The predicted molar refractivity (Wildman–Crippen MR) is 122 cm³/mol. The fraction of sp³-hybridized carbons (Fsp3) is 0.560. The summed E-state index contributed by atoms with van der Waals surface area (Å²) in [5, 5.41) is 4.92. The highest BCUT2D eigenvalue weighted by atomic mass is 16.5. The van der Waals surface area contributed by atoms with Crippen molar-refractivity contribution >= 4 is 11.9 Å². The number of hydrogen-bond acceptors (Lipinski definition) is 4. The van der Waals surface area contributed by atoms with Crippen LogP contribution in [0.5, 0.6) is 0 Å². The fourth-order valence-electron chi connectivity index (χ4n) is 4.33. The maximum atomic E-state index is 13.8. The van der Waals surface area contributed by atoms with Gasteiger partial charge < -0.3 is 9.64 Å². The topological polar surface area (TPSA) is 64.4 Å². The van der Waals surface area contributed by atoms with Gasteiger partial charge in [0.05, 0.1) is 35.2 Å². The van der Waals surface area contributed by atoms with Crippen molar-refractivity contribution in [2.24, 2.45) is 5.92 Å². The molecular formula is C25H35N3O3. The van der Waals surface area contributed by atoms with Crippen LogP contribution in [0.2, 0.25) is 0 Å². The zero-order valence-electron chi connectivity index (χ0n) is 19.6. The molecule has 1 aromatic heterocycles. The molecule has 168 valence electrons. The van der Waals surface area contributed by atoms with Crippen LogP contribution in [0.25, 0.3) is 5.69 Å². The van der Waals surface area contributed by atoms with Crippen molar-refractivity contribution in [2.45, 2.75) is 66.2 Å². The van der Waals surface area contributed by atoms with Crippen molar-refractivity contribution in [1.82, 2.24) is 14.7 Å². The first-order chi connectivity index (χ1) is 14.7. The van der Waals surface area contributed by atoms with E-state index in [1.54, 1.807) is 0 Å². The number of ether oxygens (including phenoxy) is 1. The molecule has 31 heavy (non-hydrogen) atoms. The van der Waals surface area contributed by atoms with E-state index < -0.39 is 0 Å². The van der Waals surface area contributed by atoms with Crippen LogP contribution < -0.4 is 0 Å². The standard InChI is InChI=1S/C25H35N3O3/c1-7-31-25(30)19-11-9-13-27(15-19)24(29)21-22(16(2)3)26-28(23(21)17(4)5)20-12-8-10-18(6)14-20/h8,10,12,14,16-17,19H,7,9,11,13,15H2,1-6H3/t19-/m0/s1. The molecule has 2 aromatic rings. The summed E-state index contributed by atoms with van der Waals surface area (Å²) in [5.74, 6) is -0.267. The van der Waals surface area contributed by atoms with E-state index in [0.717, 1.165) is 35.5 Å². The van der Waals surface area contributed by atoms with Crippen LogP contribution in [0.15, 0.2) is 24.3 Å². The maximum Gasteiger partial charge on any atom is 0.310 e. The molecule has 0 unspecified atom stereocenters. The molecule has 0 spiro atoms. The average Bonchev–Trinajstić information content (AvgIpc) is 3.15. The van der Waals surface area contributed by atoms with Crippen LogP contribution >= 0.6 is 0 Å². The van der Waals surface area contributed by atoms with Gasteiger partial charge in [-0.2, -0.15) is 5.10 Å². The Bertz CT molecular complexity index is 945. The van der Waals surface area contributed by atoms with E-state index in [1.165, 1.54) is 0 Å². The van der Waals surface area contributed by atoms with Crippen molar-refractivity contribution in [3.05, 3.63) is 46.8 Å². The number of piperidine rings is 1. The van der Waals surface area contributed by atoms with Gasteiger partial charge in [0.1, 0.15) is 0 Å². The number of carbonyl (C=O) groups is 2. The lowest BCUT2D eigenvalue weighted by Gasteiger charge is -2.32. The quantitative estimate of drug-likeness (QED) is 0.621. The van der Waals surface area contributed by atoms with Crippen LogP contribution in [-0.2, 0) is 9.53 Å². The highest BCUT2D eigenvalue weighted by Crippen LogP contribution is 2.32. The van der Waals surface area contributed by atoms with E-state index in [0.29, 0.717) is 25.3 Å². The molecular weight excluding hydrogens is 390 g/mol. The number of carbonyl (C=O) groups excluding carboxylic acids is 2. The first-order valence-electron chi connectivity index (χ1n) is 11.4. The van der Waals surface area contributed by atoms with Gasteiger partial charge in [-0.15, -0.1) is 0 Å². The zero-order chi connectivity index (χ0) is 22.7. The van der Waals surface area contributed by atoms with E-state index in [9.17, 15) is 9.59 Å². The second-order valence-corrected chi connectivity index (χ2v) is 9.05. The minimum Gasteiger partial charge on any atom is -0.466 e. The van der Waals surface area contributed by atoms with Crippen molar-refractivity contribution < 1.29 is 14.3 Å². The Morgan fingerprint density at radius 2 is 1.94 bits per heavy atom. The summed E-state index contributed by atoms with van der Waals surface area (Å²) >= 11 is 0. The molecule has 0 radical (unpaired) electrons. The molecule has 1 saturated heterocycles. The van der Waals surface area contributed by atoms with E-state index in [1.807, 2.05) is 28.6 Å². The van der Waals surface area contributed by atoms with Crippen molar-refractivity contribution in [2.75, 3.05) is 19.7 Å². The third kappa shape index (κ3) is 4.83. The number of likely N-dealkylation sites (tertiary alicyclic amines) is 1. The average molecular weight is 426 g/mol. The summed E-state index contributed by atoms with van der Waals surface area (Å²) in [7, 11) is 0. The molecule has 1 aliphatic heterocycles. The fourth-order valence-corrected chi connectivity index (χ4v) is 4.33. The van der Waals surface area contributed by atoms with Gasteiger partial charge in [0, 0.05) is 13.1 Å². The highest BCUT2D eigenvalue weighted by molar-refractivity contribution is 5.97. The lowest BCUT2D eigenvalue weighted by Crippen LogP contribution is -2.43. The minimum absolute atomic E-state index is 0.0275. The molecule has 0 N–H and O–H groups in total. The van der Waals surface area contributed by atoms with Crippen molar-refractivity contribution in [3.63, 3.8) is 0 Å². The molecule has 0 saturated carbocycles. The number of amides is 1. The Labute approximate surface area is 185 Å². The Balaban J connectivity index is 2.05. The Hall–Kier alpha value is -2.63. The second-order valence-electron chi connectivity index (χ2n) is 9.05. The summed E-state index contributed by atoms with van der Waals surface area (Å²) in [6.07, 6.45) is 1.56. The van der Waals surface area contributed by atoms with Gasteiger partial charge in [-0.1, -0.05) is 39.8 Å². The smallest absolute Gasteiger partial charge is 0.310 e. The summed E-state index contributed by atoms with van der Waals surface area (Å²) in [5.41, 5.74) is 4.55. The van der Waals surface area contributed by atoms with Gasteiger partial charge in [-0.05, 0) is 56.2 Å². The van der Waals surface area contributed by atoms with E-state index in [4.69, 9.17) is 9.84 Å². The molecule has 2 heterocycles. The molecule has 6 heteroatoms. The van der Waals surface area contributed by atoms with Crippen LogP contribution in [0, 0.1) is 12.8 Å². The van der Waals surface area contributed by atoms with Gasteiger partial charge in [-0.25, -0.2) is 4.68 Å². The lowest BCUT2D eigenvalue weighted by molar-refractivity contribution is -0.149. The van der Waals surface area contributed by atoms with E-state index in [-0.39, 0.29) is 29.6 Å². The molecule has 1 amide bonds. The number of aromatic nitrogens is 2. The molecule has 1 fully saturated rings. The molecule has 1 aromatic carbocycles. The summed E-state index contributed by atoms with van der Waals surface area (Å²) in [6, 6.07) is 8.19. The monoisotopic (exact) mass is 425 g/mol. The first-order valence-corrected chi connectivity index (χ1v) is 11.4. The Morgan fingerprint density at radius 1 is 1.19 bits per heavy atom. The third-order valence-corrected chi connectivity index (χ3v) is 5.83. The number of hydrogen-bond donors (Lipinski definition) is 0. The van der Waals surface area contributed by atoms with E-state index in [2.05, 4.69) is 46.8 Å². The van der Waals surface area contributed by atoms with Crippen LogP contribution in [0.1, 0.15) is 86.6 Å². The molecule has 1 aliphatic rings. The zero-order valence-corrected chi connectivity index (χ0v) is 19.6. The predicted octanol–water partition coefficient (Wildman–Crippen LogP) is 4.84. The van der Waals surface area contributed by atoms with Gasteiger partial charge in [0.2, 0.25) is 0 Å². The Kier molecular flexibility index (Phi) is 7.19. The van der Waals surface area contributed by atoms with Crippen LogP contribution in [-0.4, -0.2) is 46.3 Å². The number of aryl methyl sites for hydroxylation is 1. The summed E-state index contributed by atoms with van der Waals surface area (Å²) < 4.78 is 7.16. The van der Waals surface area contributed by atoms with Gasteiger partial charge in [-0.3, -0.25) is 9.59 Å². The van der Waals surface area contributed by atoms with Gasteiger partial charge >= 0.3 is 5.97 Å². The van der Waals surface area contributed by atoms with Gasteiger partial charge in [0.25, 0.3) is 5.91 Å². The number of rotatable bonds is 6. The normalized spacial score (nSPS) is 16.8. The van der Waals surface area contributed by atoms with E-state index >= 15 is 0 Å². The molecule has 0 aliphatic carbocycles. The van der Waals surface area contributed by atoms with Crippen LogP contribution in [0.4, 0.5) is 0 Å². The van der Waals surface area contributed by atoms with Crippen molar-refractivity contribution in [3.8, 4) is 5.69 Å². The third-order valence-electron chi connectivity index (χ3n) is 5.83. The molecule has 0 bridgehead atoms. The second kappa shape index (κ2) is 9.67. The Morgan fingerprint density at radius 3 is 2.55 bits per heavy atom. The highest BCUT2D eigenvalue weighted by Gasteiger charge is 2.34. The lowest BCUT2D eigenvalue weighted by atomic mass is 9.94. The maximum absolute atomic E-state index is 13.8. The first kappa shape index (κ1) is 23.0. The van der Waals surface area contributed by atoms with Crippen LogP contribution in [0.3, 0.4) is 0 Å². The summed E-state index contributed by atoms with van der Waals surface area (Å²) in [4.78, 5) is 27.9. The largest absolute Gasteiger partial charge is 0.466 e.